The summed E-state index contributed by atoms with van der Waals surface area (Å²) < 4.78 is 27.9. The van der Waals surface area contributed by atoms with Crippen LogP contribution >= 0.6 is 11.8 Å². The fourth-order valence-corrected chi connectivity index (χ4v) is 6.51. The Bertz CT molecular complexity index is 1190. The Morgan fingerprint density at radius 1 is 0.971 bits per heavy atom. The van der Waals surface area contributed by atoms with E-state index in [-0.39, 0.29) is 22.4 Å². The van der Waals surface area contributed by atoms with Gasteiger partial charge in [-0.15, -0.1) is 0 Å². The van der Waals surface area contributed by atoms with Crippen molar-refractivity contribution in [1.29, 1.82) is 0 Å². The molecule has 1 N–H and O–H groups in total. The minimum absolute atomic E-state index is 0.110. The van der Waals surface area contributed by atoms with Crippen LogP contribution in [0.5, 0.6) is 0 Å². The minimum atomic E-state index is -3.69. The summed E-state index contributed by atoms with van der Waals surface area (Å²) in [4.78, 5) is 40.4. The summed E-state index contributed by atoms with van der Waals surface area (Å²) >= 11 is 1.51. The van der Waals surface area contributed by atoms with Crippen LogP contribution in [0, 0.1) is 0 Å². The quantitative estimate of drug-likeness (QED) is 0.539. The van der Waals surface area contributed by atoms with E-state index in [4.69, 9.17) is 0 Å². The zero-order chi connectivity index (χ0) is 25.0. The molecule has 2 aromatic carbocycles. The van der Waals surface area contributed by atoms with Crippen molar-refractivity contribution in [3.05, 3.63) is 59.7 Å². The Kier molecular flexibility index (Phi) is 7.93. The molecule has 0 aliphatic carbocycles. The highest BCUT2D eigenvalue weighted by molar-refractivity contribution is 7.98. The van der Waals surface area contributed by atoms with Crippen LogP contribution in [0.2, 0.25) is 0 Å². The smallest absolute Gasteiger partial charge is 0.262 e. The molecule has 8 nitrogen and oxygen atoms in total. The van der Waals surface area contributed by atoms with Gasteiger partial charge in [0.2, 0.25) is 15.9 Å². The third-order valence-electron chi connectivity index (χ3n) is 6.34. The second-order valence-corrected chi connectivity index (χ2v) is 11.6. The zero-order valence-corrected chi connectivity index (χ0v) is 21.2. The number of carbonyl (C=O) groups is 3. The molecule has 0 bridgehead atoms. The summed E-state index contributed by atoms with van der Waals surface area (Å²) in [6, 6.07) is 11.7. The van der Waals surface area contributed by atoms with E-state index in [0.717, 1.165) is 30.6 Å². The molecule has 0 spiro atoms. The molecule has 1 atom stereocenters. The monoisotopic (exact) mass is 515 g/mol. The number of hydrogen-bond donors (Lipinski definition) is 1. The van der Waals surface area contributed by atoms with E-state index in [1.807, 2.05) is 6.26 Å². The van der Waals surface area contributed by atoms with Gasteiger partial charge in [-0.1, -0.05) is 31.0 Å². The van der Waals surface area contributed by atoms with Crippen LogP contribution in [0.15, 0.2) is 53.4 Å². The lowest BCUT2D eigenvalue weighted by atomic mass is 10.1. The molecular formula is C25H29N3O5S2. The van der Waals surface area contributed by atoms with Crippen molar-refractivity contribution in [2.75, 3.05) is 30.4 Å². The van der Waals surface area contributed by atoms with Crippen LogP contribution in [0.1, 0.15) is 52.8 Å². The van der Waals surface area contributed by atoms with Crippen molar-refractivity contribution in [2.24, 2.45) is 0 Å². The molecule has 186 valence electrons. The number of hydrogen-bond acceptors (Lipinski definition) is 6. The first kappa shape index (κ1) is 25.4. The number of carbonyl (C=O) groups excluding carboxylic acids is 3. The average Bonchev–Trinajstić information content (AvgIpc) is 3.04. The average molecular weight is 516 g/mol. The van der Waals surface area contributed by atoms with Crippen LogP contribution < -0.4 is 5.32 Å². The fraction of sp³-hybridized carbons (Fsp3) is 0.400. The molecule has 2 heterocycles. The number of sulfonamides is 1. The van der Waals surface area contributed by atoms with Crippen molar-refractivity contribution < 1.29 is 22.8 Å². The fourth-order valence-electron chi connectivity index (χ4n) is 4.49. The lowest BCUT2D eigenvalue weighted by Crippen LogP contribution is -2.47. The molecule has 0 saturated carbocycles. The SMILES string of the molecule is CSCCC(C(=O)Nc1cccc(S(=O)(=O)N2CCCCCC2)c1)N1C(=O)c2ccccc2C1=O. The number of nitrogens with one attached hydrogen (secondary N) is 1. The summed E-state index contributed by atoms with van der Waals surface area (Å²) in [5, 5.41) is 2.75. The third kappa shape index (κ3) is 5.29. The van der Waals surface area contributed by atoms with E-state index in [0.29, 0.717) is 24.5 Å². The highest BCUT2D eigenvalue weighted by Gasteiger charge is 2.42. The summed E-state index contributed by atoms with van der Waals surface area (Å²) in [5.74, 6) is -0.957. The molecule has 10 heteroatoms. The number of benzene rings is 2. The van der Waals surface area contributed by atoms with Gasteiger partial charge in [-0.3, -0.25) is 19.3 Å². The Hall–Kier alpha value is -2.69. The first-order chi connectivity index (χ1) is 16.8. The molecule has 0 radical (unpaired) electrons. The third-order valence-corrected chi connectivity index (χ3v) is 8.88. The maximum atomic E-state index is 13.3. The second kappa shape index (κ2) is 10.9. The van der Waals surface area contributed by atoms with Gasteiger partial charge in [0, 0.05) is 18.8 Å². The van der Waals surface area contributed by atoms with Crippen molar-refractivity contribution in [2.45, 2.75) is 43.0 Å². The predicted molar refractivity (Wildman–Crippen MR) is 136 cm³/mol. The molecule has 4 rings (SSSR count). The van der Waals surface area contributed by atoms with E-state index in [2.05, 4.69) is 5.32 Å². The molecule has 0 aromatic heterocycles. The standard InChI is InChI=1S/C25H29N3O5S2/c1-34-16-13-22(28-24(30)20-11-4-5-12-21(20)25(28)31)23(29)26-18-9-8-10-19(17-18)35(32,33)27-14-6-2-3-7-15-27/h4-5,8-12,17,22H,2-3,6-7,13-16H2,1H3,(H,26,29). The highest BCUT2D eigenvalue weighted by Crippen LogP contribution is 2.28. The second-order valence-electron chi connectivity index (χ2n) is 8.66. The molecule has 3 amide bonds. The molecule has 2 aromatic rings. The Labute approximate surface area is 210 Å². The topological polar surface area (TPSA) is 104 Å². The van der Waals surface area contributed by atoms with Gasteiger partial charge >= 0.3 is 0 Å². The molecule has 1 unspecified atom stereocenters. The zero-order valence-electron chi connectivity index (χ0n) is 19.6. The Morgan fingerprint density at radius 3 is 2.20 bits per heavy atom. The maximum Gasteiger partial charge on any atom is 0.262 e. The van der Waals surface area contributed by atoms with Crippen LogP contribution in [-0.2, 0) is 14.8 Å². The number of thioether (sulfide) groups is 1. The summed E-state index contributed by atoms with van der Waals surface area (Å²) in [6.45, 7) is 0.963. The number of nitrogens with zero attached hydrogens (tertiary/aromatic N) is 2. The van der Waals surface area contributed by atoms with Gasteiger partial charge in [-0.2, -0.15) is 16.1 Å². The van der Waals surface area contributed by atoms with Gasteiger partial charge in [0.05, 0.1) is 16.0 Å². The van der Waals surface area contributed by atoms with Gasteiger partial charge in [0.15, 0.2) is 0 Å². The number of anilines is 1. The normalized spacial score (nSPS) is 17.7. The van der Waals surface area contributed by atoms with E-state index in [1.165, 1.54) is 28.2 Å². The number of amides is 3. The van der Waals surface area contributed by atoms with Crippen LogP contribution in [0.3, 0.4) is 0 Å². The predicted octanol–water partition coefficient (Wildman–Crippen LogP) is 3.61. The van der Waals surface area contributed by atoms with Gasteiger partial charge in [0.1, 0.15) is 6.04 Å². The molecule has 2 aliphatic heterocycles. The van der Waals surface area contributed by atoms with Gasteiger partial charge in [-0.05, 0) is 61.6 Å². The largest absolute Gasteiger partial charge is 0.324 e. The Balaban J connectivity index is 1.56. The number of fused-ring (bicyclic) bond motifs is 1. The highest BCUT2D eigenvalue weighted by atomic mass is 32.2. The lowest BCUT2D eigenvalue weighted by molar-refractivity contribution is -0.120. The molecular weight excluding hydrogens is 486 g/mol. The summed E-state index contributed by atoms with van der Waals surface area (Å²) in [7, 11) is -3.69. The van der Waals surface area contributed by atoms with Crippen molar-refractivity contribution in [3.8, 4) is 0 Å². The maximum absolute atomic E-state index is 13.3. The van der Waals surface area contributed by atoms with Gasteiger partial charge < -0.3 is 5.32 Å². The molecule has 35 heavy (non-hydrogen) atoms. The lowest BCUT2D eigenvalue weighted by Gasteiger charge is -2.25. The Morgan fingerprint density at radius 2 is 1.60 bits per heavy atom. The van der Waals surface area contributed by atoms with E-state index in [1.54, 1.807) is 36.4 Å². The summed E-state index contributed by atoms with van der Waals surface area (Å²) in [6.07, 6.45) is 5.84. The van der Waals surface area contributed by atoms with Gasteiger partial charge in [0.25, 0.3) is 11.8 Å². The molecule has 2 aliphatic rings. The van der Waals surface area contributed by atoms with Crippen LogP contribution in [0.25, 0.3) is 0 Å². The van der Waals surface area contributed by atoms with Crippen molar-refractivity contribution in [3.63, 3.8) is 0 Å². The minimum Gasteiger partial charge on any atom is -0.324 e. The summed E-state index contributed by atoms with van der Waals surface area (Å²) in [5.41, 5.74) is 0.867. The van der Waals surface area contributed by atoms with Crippen LogP contribution in [-0.4, -0.2) is 66.5 Å². The van der Waals surface area contributed by atoms with Crippen molar-refractivity contribution >= 4 is 45.2 Å². The number of rotatable bonds is 8. The van der Waals surface area contributed by atoms with Crippen molar-refractivity contribution in [1.82, 2.24) is 9.21 Å². The van der Waals surface area contributed by atoms with E-state index >= 15 is 0 Å². The first-order valence-electron chi connectivity index (χ1n) is 11.7. The first-order valence-corrected chi connectivity index (χ1v) is 14.5. The molecule has 1 saturated heterocycles. The van der Waals surface area contributed by atoms with Crippen LogP contribution in [0.4, 0.5) is 5.69 Å². The van der Waals surface area contributed by atoms with E-state index in [9.17, 15) is 22.8 Å². The molecule has 1 fully saturated rings. The van der Waals surface area contributed by atoms with Gasteiger partial charge in [-0.25, -0.2) is 8.42 Å². The number of imide groups is 1. The van der Waals surface area contributed by atoms with E-state index < -0.39 is 33.8 Å².